The third kappa shape index (κ3) is 9.97. The predicted octanol–water partition coefficient (Wildman–Crippen LogP) is 25.5. The first-order valence-electron chi connectivity index (χ1n) is 36.6. The number of aromatic amines is 1. The molecule has 6 aromatic heterocycles. The van der Waals surface area contributed by atoms with Crippen molar-refractivity contribution >= 4 is 98.8 Å². The van der Waals surface area contributed by atoms with Crippen molar-refractivity contribution < 1.29 is 0 Å². The summed E-state index contributed by atoms with van der Waals surface area (Å²) in [6, 6.07) is 120. The van der Waals surface area contributed by atoms with Gasteiger partial charge in [0.1, 0.15) is 0 Å². The monoisotopic (exact) mass is 1390 g/mol. The van der Waals surface area contributed by atoms with Crippen molar-refractivity contribution in [1.29, 1.82) is 0 Å². The van der Waals surface area contributed by atoms with Gasteiger partial charge in [-0.05, 0) is 106 Å². The molecule has 9 heteroatoms. The number of rotatable bonds is 7. The molecule has 0 saturated carbocycles. The summed E-state index contributed by atoms with van der Waals surface area (Å²) in [4.78, 5) is 23.3. The maximum Gasteiger partial charge on any atom is 0.235 e. The van der Waals surface area contributed by atoms with Crippen molar-refractivity contribution in [3.05, 3.63) is 367 Å². The topological polar surface area (TPSA) is 82.1 Å². The van der Waals surface area contributed by atoms with Gasteiger partial charge in [-0.25, -0.2) is 19.9 Å². The van der Waals surface area contributed by atoms with Gasteiger partial charge < -0.3 is 14.1 Å². The number of aromatic nitrogens is 8. The first-order valence-corrected chi connectivity index (χ1v) is 37.0. The molecule has 0 atom stereocenters. The number of para-hydroxylation sites is 6. The molecule has 20 aromatic rings. The summed E-state index contributed by atoms with van der Waals surface area (Å²) >= 11 is 6.03. The molecule has 14 aromatic carbocycles. The first-order chi connectivity index (χ1) is 52.6. The summed E-state index contributed by atoms with van der Waals surface area (Å²) in [5, 5.41) is 10.4. The maximum atomic E-state index is 6.03. The number of H-pyrrole nitrogens is 1. The summed E-state index contributed by atoms with van der Waals surface area (Å²) in [6.07, 6.45) is 0. The summed E-state index contributed by atoms with van der Waals surface area (Å²) in [6.45, 7) is 9.57. The molecule has 107 heavy (non-hydrogen) atoms. The summed E-state index contributed by atoms with van der Waals surface area (Å²) in [5.74, 6) is 0.655. The van der Waals surface area contributed by atoms with Crippen LogP contribution in [0, 0.1) is 0 Å². The van der Waals surface area contributed by atoms with Gasteiger partial charge in [0.25, 0.3) is 0 Å². The van der Waals surface area contributed by atoms with Crippen LogP contribution in [0.3, 0.4) is 0 Å². The molecule has 0 unspecified atom stereocenters. The van der Waals surface area contributed by atoms with Crippen molar-refractivity contribution in [2.75, 3.05) is 0 Å². The third-order valence-corrected chi connectivity index (χ3v) is 22.4. The molecular formula is C98H69ClN8. The van der Waals surface area contributed by atoms with E-state index in [9.17, 15) is 0 Å². The fourth-order valence-corrected chi connectivity index (χ4v) is 17.8. The molecule has 0 radical (unpaired) electrons. The lowest BCUT2D eigenvalue weighted by Gasteiger charge is -2.23. The van der Waals surface area contributed by atoms with Gasteiger partial charge in [-0.2, -0.15) is 0 Å². The second kappa shape index (κ2) is 25.0. The minimum absolute atomic E-state index is 0.110. The zero-order chi connectivity index (χ0) is 71.7. The minimum atomic E-state index is -0.271. The fraction of sp³-hybridized carbons (Fsp3) is 0.0612. The van der Waals surface area contributed by atoms with E-state index in [2.05, 4.69) is 329 Å². The van der Waals surface area contributed by atoms with E-state index in [1.165, 1.54) is 126 Å². The highest BCUT2D eigenvalue weighted by Crippen LogP contribution is 2.60. The van der Waals surface area contributed by atoms with Gasteiger partial charge in [0.15, 0.2) is 0 Å². The third-order valence-electron chi connectivity index (χ3n) is 22.2. The second-order valence-corrected chi connectivity index (χ2v) is 29.3. The number of hydrogen-bond donors (Lipinski definition) is 1. The van der Waals surface area contributed by atoms with Gasteiger partial charge >= 0.3 is 0 Å². The Morgan fingerprint density at radius 1 is 0.299 bits per heavy atom. The van der Waals surface area contributed by atoms with Gasteiger partial charge in [0.05, 0.1) is 61.4 Å². The SMILES string of the molecule is CC1(C)c2ccccc2-c2c1c1c3ccccc3[nH]c1c1c3ccccc3n(-c3ccccc3)c21.CC1(C)c2ccccc2-c2c1c1c3ccccc3n(-c3nc(-c4ccccc4)cc(-c4ccccc4)n3)c1c1c3ccccc3n(-c3ccccc3)c21.Clc1nc(-c2ccccc2)cc(-c2ccccc2)n1. The lowest BCUT2D eigenvalue weighted by atomic mass is 9.80. The normalized spacial score (nSPS) is 13.1. The molecule has 2 aliphatic carbocycles. The van der Waals surface area contributed by atoms with Crippen LogP contribution in [0.25, 0.3) is 172 Å². The molecule has 0 bridgehead atoms. The Morgan fingerprint density at radius 2 is 0.636 bits per heavy atom. The van der Waals surface area contributed by atoms with E-state index in [4.69, 9.17) is 21.6 Å². The number of benzene rings is 14. The molecule has 6 heterocycles. The molecule has 0 saturated heterocycles. The van der Waals surface area contributed by atoms with Crippen LogP contribution in [0.2, 0.25) is 5.28 Å². The van der Waals surface area contributed by atoms with Crippen LogP contribution in [0.15, 0.2) is 340 Å². The summed E-state index contributed by atoms with van der Waals surface area (Å²) < 4.78 is 7.32. The molecule has 508 valence electrons. The Balaban J connectivity index is 0.000000119. The van der Waals surface area contributed by atoms with E-state index < -0.39 is 0 Å². The molecule has 0 amide bonds. The van der Waals surface area contributed by atoms with Crippen molar-refractivity contribution in [2.24, 2.45) is 0 Å². The van der Waals surface area contributed by atoms with Crippen molar-refractivity contribution in [3.8, 4) is 84.6 Å². The largest absolute Gasteiger partial charge is 0.354 e. The number of nitrogens with zero attached hydrogens (tertiary/aromatic N) is 7. The highest BCUT2D eigenvalue weighted by Gasteiger charge is 2.43. The average molecular weight is 1390 g/mol. The predicted molar refractivity (Wildman–Crippen MR) is 445 cm³/mol. The number of nitrogens with one attached hydrogen (secondary N) is 1. The Hall–Kier alpha value is -13.3. The van der Waals surface area contributed by atoms with Crippen molar-refractivity contribution in [2.45, 2.75) is 38.5 Å². The first kappa shape index (κ1) is 63.4. The van der Waals surface area contributed by atoms with Gasteiger partial charge in [-0.1, -0.05) is 307 Å². The lowest BCUT2D eigenvalue weighted by molar-refractivity contribution is 0.666. The molecule has 0 aliphatic heterocycles. The Morgan fingerprint density at radius 3 is 1.09 bits per heavy atom. The lowest BCUT2D eigenvalue weighted by Crippen LogP contribution is -2.15. The van der Waals surface area contributed by atoms with E-state index in [-0.39, 0.29) is 16.1 Å². The van der Waals surface area contributed by atoms with Crippen LogP contribution in [0.5, 0.6) is 0 Å². The maximum absolute atomic E-state index is 6.03. The molecule has 22 rings (SSSR count). The smallest absolute Gasteiger partial charge is 0.235 e. The molecular weight excluding hydrogens is 1320 g/mol. The van der Waals surface area contributed by atoms with Gasteiger partial charge in [0.2, 0.25) is 11.2 Å². The highest BCUT2D eigenvalue weighted by molar-refractivity contribution is 6.33. The van der Waals surface area contributed by atoms with Crippen LogP contribution in [0.1, 0.15) is 49.9 Å². The number of hydrogen-bond acceptors (Lipinski definition) is 4. The zero-order valence-electron chi connectivity index (χ0n) is 59.3. The Kier molecular flexibility index (Phi) is 14.8. The standard InChI is InChI=1S/C49H34N4.C33H24N2.C16H11ClN2/c1-49(2)37-27-15-12-24-34(37)42-45(49)43-35-25-13-17-29-41(35)53(47(43)44-36-26-14-16-28-40(36)52(46(42)44)33-22-10-5-11-23-33)48-50-38(31-18-6-3-7-19-31)30-39(51-48)32-20-8-4-9-21-32;1-33(2)24-17-9-6-14-21(24)28-30(33)27-22-15-7-10-18-25(22)34-31(27)29-23-16-8-11-19-26(23)35(32(28)29)20-12-4-3-5-13-20;17-16-18-14(12-7-3-1-4-8-12)11-15(19-16)13-9-5-2-6-10-13/h3-30H,1-2H3;3-19,34H,1-2H3;1-11H. The molecule has 1 N–H and O–H groups in total. The van der Waals surface area contributed by atoms with Gasteiger partial charge in [0, 0.05) is 104 Å². The number of fused-ring (bicyclic) bond motifs is 24. The highest BCUT2D eigenvalue weighted by atomic mass is 35.5. The average Bonchev–Trinajstić information content (AvgIpc) is 1.51. The fourth-order valence-electron chi connectivity index (χ4n) is 17.7. The molecule has 2 aliphatic rings. The van der Waals surface area contributed by atoms with Crippen LogP contribution < -0.4 is 0 Å². The van der Waals surface area contributed by atoms with Crippen molar-refractivity contribution in [3.63, 3.8) is 0 Å². The van der Waals surface area contributed by atoms with E-state index in [1.54, 1.807) is 0 Å². The van der Waals surface area contributed by atoms with Crippen LogP contribution >= 0.6 is 11.6 Å². The Labute approximate surface area is 623 Å². The van der Waals surface area contributed by atoms with Crippen LogP contribution in [0.4, 0.5) is 0 Å². The van der Waals surface area contributed by atoms with Crippen LogP contribution in [-0.2, 0) is 10.8 Å². The van der Waals surface area contributed by atoms with Crippen LogP contribution in [-0.4, -0.2) is 38.6 Å². The van der Waals surface area contributed by atoms with E-state index >= 15 is 0 Å². The van der Waals surface area contributed by atoms with E-state index in [1.807, 2.05) is 66.7 Å². The van der Waals surface area contributed by atoms with Gasteiger partial charge in [-0.3, -0.25) is 4.57 Å². The molecule has 0 spiro atoms. The zero-order valence-corrected chi connectivity index (χ0v) is 60.1. The molecule has 8 nitrogen and oxygen atoms in total. The second-order valence-electron chi connectivity index (χ2n) is 29.0. The van der Waals surface area contributed by atoms with E-state index in [0.717, 1.165) is 61.8 Å². The minimum Gasteiger partial charge on any atom is -0.354 e. The summed E-state index contributed by atoms with van der Waals surface area (Å²) in [7, 11) is 0. The van der Waals surface area contributed by atoms with E-state index in [0.29, 0.717) is 5.95 Å². The number of halogens is 1. The molecule has 0 fully saturated rings. The summed E-state index contributed by atoms with van der Waals surface area (Å²) in [5.41, 5.74) is 30.0. The van der Waals surface area contributed by atoms with Gasteiger partial charge in [-0.15, -0.1) is 0 Å². The Bertz CT molecular complexity index is 6800. The van der Waals surface area contributed by atoms with Crippen molar-refractivity contribution in [1.82, 2.24) is 38.6 Å². The quantitative estimate of drug-likeness (QED) is 0.161.